The molecule has 0 spiro atoms. The first-order chi connectivity index (χ1) is 10.8. The summed E-state index contributed by atoms with van der Waals surface area (Å²) in [6, 6.07) is 10.2. The van der Waals surface area contributed by atoms with Gasteiger partial charge in [-0.05, 0) is 24.8 Å². The molecule has 1 aromatic carbocycles. The molecule has 0 N–H and O–H groups in total. The summed E-state index contributed by atoms with van der Waals surface area (Å²) in [6.07, 6.45) is 3.82. The van der Waals surface area contributed by atoms with E-state index < -0.39 is 0 Å². The Morgan fingerprint density at radius 3 is 2.68 bits per heavy atom. The highest BCUT2D eigenvalue weighted by Crippen LogP contribution is 2.19. The van der Waals surface area contributed by atoms with Crippen LogP contribution in [0.2, 0.25) is 0 Å². The van der Waals surface area contributed by atoms with Crippen LogP contribution in [-0.2, 0) is 17.6 Å². The molecule has 1 fully saturated rings. The van der Waals surface area contributed by atoms with Crippen LogP contribution in [0.25, 0.3) is 0 Å². The Hall–Kier alpha value is -1.82. The van der Waals surface area contributed by atoms with E-state index in [0.717, 1.165) is 38.8 Å². The summed E-state index contributed by atoms with van der Waals surface area (Å²) >= 11 is 1.33. The molecule has 3 rings (SSSR count). The first-order valence-corrected chi connectivity index (χ1v) is 8.57. The maximum absolute atomic E-state index is 12.0. The highest BCUT2D eigenvalue weighted by atomic mass is 32.2. The standard InChI is InChI=1S/C16H19N3O2S/c20-15(19-10-4-5-11-19)12-22-16-18-17-14(21-16)9-8-13-6-2-1-3-7-13/h1-3,6-7H,4-5,8-12H2. The van der Waals surface area contributed by atoms with E-state index in [4.69, 9.17) is 4.42 Å². The number of aromatic nitrogens is 2. The number of hydrogen-bond donors (Lipinski definition) is 0. The lowest BCUT2D eigenvalue weighted by atomic mass is 10.1. The third kappa shape index (κ3) is 4.10. The molecule has 1 aromatic heterocycles. The zero-order valence-corrected chi connectivity index (χ0v) is 13.2. The molecule has 2 heterocycles. The molecule has 6 heteroatoms. The molecule has 1 amide bonds. The van der Waals surface area contributed by atoms with Crippen molar-refractivity contribution in [3.05, 3.63) is 41.8 Å². The predicted octanol–water partition coefficient (Wildman–Crippen LogP) is 2.57. The van der Waals surface area contributed by atoms with Crippen molar-refractivity contribution in [3.63, 3.8) is 0 Å². The van der Waals surface area contributed by atoms with Gasteiger partial charge in [-0.2, -0.15) is 0 Å². The lowest BCUT2D eigenvalue weighted by Gasteiger charge is -2.13. The number of thioether (sulfide) groups is 1. The van der Waals surface area contributed by atoms with Crippen molar-refractivity contribution in [2.45, 2.75) is 30.9 Å². The molecule has 22 heavy (non-hydrogen) atoms. The topological polar surface area (TPSA) is 59.2 Å². The van der Waals surface area contributed by atoms with Crippen molar-refractivity contribution in [1.82, 2.24) is 15.1 Å². The van der Waals surface area contributed by atoms with Crippen molar-refractivity contribution in [2.75, 3.05) is 18.8 Å². The Morgan fingerprint density at radius 1 is 1.14 bits per heavy atom. The maximum Gasteiger partial charge on any atom is 0.277 e. The zero-order chi connectivity index (χ0) is 15.2. The highest BCUT2D eigenvalue weighted by molar-refractivity contribution is 7.99. The summed E-state index contributed by atoms with van der Waals surface area (Å²) in [6.45, 7) is 1.76. The van der Waals surface area contributed by atoms with Crippen molar-refractivity contribution in [1.29, 1.82) is 0 Å². The van der Waals surface area contributed by atoms with Gasteiger partial charge in [-0.1, -0.05) is 42.1 Å². The molecule has 1 saturated heterocycles. The van der Waals surface area contributed by atoms with Crippen molar-refractivity contribution in [3.8, 4) is 0 Å². The van der Waals surface area contributed by atoms with Crippen molar-refractivity contribution in [2.24, 2.45) is 0 Å². The highest BCUT2D eigenvalue weighted by Gasteiger charge is 2.19. The molecule has 0 bridgehead atoms. The first kappa shape index (κ1) is 15.1. The SMILES string of the molecule is O=C(CSc1nnc(CCc2ccccc2)o1)N1CCCC1. The number of aryl methyl sites for hydroxylation is 2. The predicted molar refractivity (Wildman–Crippen MR) is 84.7 cm³/mol. The number of likely N-dealkylation sites (tertiary alicyclic amines) is 1. The number of carbonyl (C=O) groups excluding carboxylic acids is 1. The van der Waals surface area contributed by atoms with Gasteiger partial charge in [0.2, 0.25) is 11.8 Å². The molecule has 0 atom stereocenters. The van der Waals surface area contributed by atoms with E-state index in [2.05, 4.69) is 22.3 Å². The summed E-state index contributed by atoms with van der Waals surface area (Å²) in [5.41, 5.74) is 1.25. The number of rotatable bonds is 6. The summed E-state index contributed by atoms with van der Waals surface area (Å²) in [5.74, 6) is 1.16. The van der Waals surface area contributed by atoms with E-state index in [0.29, 0.717) is 16.9 Å². The Bertz CT molecular complexity index is 609. The fraction of sp³-hybridized carbons (Fsp3) is 0.438. The molecule has 1 aliphatic heterocycles. The van der Waals surface area contributed by atoms with Gasteiger partial charge in [0.25, 0.3) is 5.22 Å². The van der Waals surface area contributed by atoms with Crippen LogP contribution in [0.5, 0.6) is 0 Å². The van der Waals surface area contributed by atoms with Gasteiger partial charge in [0.1, 0.15) is 0 Å². The van der Waals surface area contributed by atoms with Crippen LogP contribution < -0.4 is 0 Å². The molecule has 1 aliphatic rings. The second-order valence-electron chi connectivity index (χ2n) is 5.32. The fourth-order valence-corrected chi connectivity index (χ4v) is 3.16. The van der Waals surface area contributed by atoms with Crippen LogP contribution in [0, 0.1) is 0 Å². The third-order valence-electron chi connectivity index (χ3n) is 3.70. The van der Waals surface area contributed by atoms with Gasteiger partial charge >= 0.3 is 0 Å². The van der Waals surface area contributed by atoms with Gasteiger partial charge in [-0.15, -0.1) is 10.2 Å². The van der Waals surface area contributed by atoms with Crippen molar-refractivity contribution < 1.29 is 9.21 Å². The molecule has 0 saturated carbocycles. The maximum atomic E-state index is 12.0. The molecule has 0 radical (unpaired) electrons. The van der Waals surface area contributed by atoms with Crippen LogP contribution in [-0.4, -0.2) is 39.8 Å². The van der Waals surface area contributed by atoms with E-state index in [-0.39, 0.29) is 5.91 Å². The minimum absolute atomic E-state index is 0.159. The van der Waals surface area contributed by atoms with E-state index in [1.165, 1.54) is 17.3 Å². The van der Waals surface area contributed by atoms with E-state index >= 15 is 0 Å². The Morgan fingerprint density at radius 2 is 1.91 bits per heavy atom. The lowest BCUT2D eigenvalue weighted by Crippen LogP contribution is -2.29. The summed E-state index contributed by atoms with van der Waals surface area (Å²) in [7, 11) is 0. The largest absolute Gasteiger partial charge is 0.416 e. The molecular formula is C16H19N3O2S. The lowest BCUT2D eigenvalue weighted by molar-refractivity contribution is -0.127. The zero-order valence-electron chi connectivity index (χ0n) is 12.4. The number of carbonyl (C=O) groups is 1. The Kier molecular flexibility index (Phi) is 5.11. The molecule has 2 aromatic rings. The van der Waals surface area contributed by atoms with Crippen LogP contribution in [0.1, 0.15) is 24.3 Å². The minimum atomic E-state index is 0.159. The normalized spacial score (nSPS) is 14.5. The molecular weight excluding hydrogens is 298 g/mol. The Labute approximate surface area is 134 Å². The monoisotopic (exact) mass is 317 g/mol. The minimum Gasteiger partial charge on any atom is -0.416 e. The summed E-state index contributed by atoms with van der Waals surface area (Å²) in [4.78, 5) is 13.9. The van der Waals surface area contributed by atoms with Crippen LogP contribution in [0.4, 0.5) is 0 Å². The molecule has 116 valence electrons. The van der Waals surface area contributed by atoms with E-state index in [9.17, 15) is 4.79 Å². The fourth-order valence-electron chi connectivity index (χ4n) is 2.47. The average molecular weight is 317 g/mol. The van der Waals surface area contributed by atoms with E-state index in [1.807, 2.05) is 23.1 Å². The number of amides is 1. The van der Waals surface area contributed by atoms with Gasteiger partial charge < -0.3 is 9.32 Å². The van der Waals surface area contributed by atoms with Gasteiger partial charge in [0.05, 0.1) is 5.75 Å². The van der Waals surface area contributed by atoms with Gasteiger partial charge in [0, 0.05) is 19.5 Å². The van der Waals surface area contributed by atoms with Crippen LogP contribution in [0.15, 0.2) is 40.0 Å². The second kappa shape index (κ2) is 7.45. The summed E-state index contributed by atoms with van der Waals surface area (Å²) < 4.78 is 5.59. The first-order valence-electron chi connectivity index (χ1n) is 7.58. The number of benzene rings is 1. The molecule has 0 unspecified atom stereocenters. The van der Waals surface area contributed by atoms with Crippen molar-refractivity contribution >= 4 is 17.7 Å². The van der Waals surface area contributed by atoms with Crippen LogP contribution in [0.3, 0.4) is 0 Å². The number of hydrogen-bond acceptors (Lipinski definition) is 5. The smallest absolute Gasteiger partial charge is 0.277 e. The van der Waals surface area contributed by atoms with Crippen LogP contribution >= 0.6 is 11.8 Å². The van der Waals surface area contributed by atoms with Gasteiger partial charge in [-0.3, -0.25) is 4.79 Å². The third-order valence-corrected chi connectivity index (χ3v) is 4.50. The van der Waals surface area contributed by atoms with Gasteiger partial charge in [0.15, 0.2) is 0 Å². The summed E-state index contributed by atoms with van der Waals surface area (Å²) in [5, 5.41) is 8.53. The van der Waals surface area contributed by atoms with Gasteiger partial charge in [-0.25, -0.2) is 0 Å². The Balaban J connectivity index is 1.45. The number of nitrogens with zero attached hydrogens (tertiary/aromatic N) is 3. The quantitative estimate of drug-likeness (QED) is 0.766. The molecule has 5 nitrogen and oxygen atoms in total. The second-order valence-corrected chi connectivity index (χ2v) is 6.25. The molecule has 0 aliphatic carbocycles. The average Bonchev–Trinajstić information content (AvgIpc) is 3.23. The van der Waals surface area contributed by atoms with E-state index in [1.54, 1.807) is 0 Å².